The van der Waals surface area contributed by atoms with E-state index in [9.17, 15) is 45.0 Å². The predicted molar refractivity (Wildman–Crippen MR) is 217 cm³/mol. The molecule has 0 bridgehead atoms. The molecule has 0 aromatic rings. The van der Waals surface area contributed by atoms with Gasteiger partial charge in [0.25, 0.3) is 0 Å². The van der Waals surface area contributed by atoms with Gasteiger partial charge in [-0.25, -0.2) is 4.39 Å². The summed E-state index contributed by atoms with van der Waals surface area (Å²) in [5.74, 6) is -4.44. The maximum Gasteiger partial charge on any atom is 0.311 e. The third-order valence-corrected chi connectivity index (χ3v) is 16.0. The van der Waals surface area contributed by atoms with Gasteiger partial charge >= 0.3 is 5.97 Å². The lowest BCUT2D eigenvalue weighted by molar-refractivity contribution is -0.196. The molecule has 1 heterocycles. The molecule has 4 fully saturated rings. The van der Waals surface area contributed by atoms with E-state index in [1.54, 1.807) is 33.8 Å². The lowest BCUT2D eigenvalue weighted by atomic mass is 9.45. The Hall–Kier alpha value is -2.26. The molecule has 1 aliphatic heterocycles. The van der Waals surface area contributed by atoms with Crippen LogP contribution in [-0.4, -0.2) is 126 Å². The van der Waals surface area contributed by atoms with Crippen LogP contribution in [0, 0.1) is 52.3 Å². The molecule has 5 aliphatic rings. The maximum absolute atomic E-state index is 17.6. The summed E-state index contributed by atoms with van der Waals surface area (Å²) < 4.78 is 23.3. The van der Waals surface area contributed by atoms with Crippen molar-refractivity contribution in [3.8, 4) is 0 Å². The molecule has 0 spiro atoms. The van der Waals surface area contributed by atoms with Gasteiger partial charge in [0.05, 0.1) is 29.8 Å². The van der Waals surface area contributed by atoms with E-state index in [4.69, 9.17) is 4.74 Å². The van der Waals surface area contributed by atoms with Gasteiger partial charge in [-0.05, 0) is 115 Å². The summed E-state index contributed by atoms with van der Waals surface area (Å²) in [6, 6.07) is -0.674. The van der Waals surface area contributed by atoms with E-state index in [0.29, 0.717) is 38.8 Å². The first-order valence-corrected chi connectivity index (χ1v) is 21.8. The van der Waals surface area contributed by atoms with Crippen LogP contribution in [0.5, 0.6) is 0 Å². The molecule has 1 saturated heterocycles. The number of ether oxygens (including phenoxy) is 1. The van der Waals surface area contributed by atoms with Crippen molar-refractivity contribution in [3.63, 3.8) is 0 Å². The number of ketones is 1. The summed E-state index contributed by atoms with van der Waals surface area (Å²) in [4.78, 5) is 41.6. The zero-order chi connectivity index (χ0) is 43.5. The monoisotopic (exact) mass is 821 g/mol. The number of aliphatic hydroxyl groups is 6. The summed E-state index contributed by atoms with van der Waals surface area (Å²) >= 11 is 0. The van der Waals surface area contributed by atoms with E-state index >= 15 is 4.39 Å². The Morgan fingerprint density at radius 2 is 1.64 bits per heavy atom. The third kappa shape index (κ3) is 7.99. The number of alkyl halides is 1. The lowest BCUT2D eigenvalue weighted by Gasteiger charge is -2.61. The van der Waals surface area contributed by atoms with Gasteiger partial charge in [-0.3, -0.25) is 19.3 Å². The molecule has 330 valence electrons. The van der Waals surface area contributed by atoms with Crippen molar-refractivity contribution in [2.45, 2.75) is 168 Å². The molecular weight excluding hydrogens is 747 g/mol. The molecular formula is C45H73FN2O10. The Morgan fingerprint density at radius 1 is 0.983 bits per heavy atom. The first kappa shape index (κ1) is 46.8. The van der Waals surface area contributed by atoms with Crippen LogP contribution < -0.4 is 5.32 Å². The largest absolute Gasteiger partial charge is 0.459 e. The standard InChI is InChI=1S/C45H73FN2O10/c1-11-34-44(10,57)38(53)28(6)48(23-24(2)21-43(9,56)37(52)26(4)36(51)27(5)40(55)58-34)18-12-17-47-39(54)35-25(3)19-32-31-14-13-29-20-30(49)15-16-42(29,8)45(31,46)33(50)22-41(32,35)7/h15-16,20,24-28,31-38,50-53,56-57H,11-14,17-19,21-23H2,1-10H3,(H,47,54)/t24-,25-,26+,27?,28-,31?,32?,33?,34-,35-,36+,37-,38-,41+,42+,43-,44-,45+/m1/s1. The smallest absolute Gasteiger partial charge is 0.311 e. The summed E-state index contributed by atoms with van der Waals surface area (Å²) in [5, 5.41) is 72.1. The third-order valence-electron chi connectivity index (χ3n) is 16.0. The fourth-order valence-corrected chi connectivity index (χ4v) is 12.6. The van der Waals surface area contributed by atoms with Gasteiger partial charge in [-0.15, -0.1) is 0 Å². The molecule has 4 aliphatic carbocycles. The zero-order valence-corrected chi connectivity index (χ0v) is 36.5. The van der Waals surface area contributed by atoms with E-state index in [2.05, 4.69) is 5.32 Å². The average Bonchev–Trinajstić information content (AvgIpc) is 3.41. The second kappa shape index (κ2) is 16.9. The fourth-order valence-electron chi connectivity index (χ4n) is 12.6. The van der Waals surface area contributed by atoms with Gasteiger partial charge in [-0.2, -0.15) is 0 Å². The molecule has 12 nitrogen and oxygen atoms in total. The Morgan fingerprint density at radius 3 is 2.28 bits per heavy atom. The number of aliphatic hydroxyl groups excluding tert-OH is 4. The van der Waals surface area contributed by atoms with E-state index in [-0.39, 0.29) is 55.3 Å². The number of halogens is 1. The van der Waals surface area contributed by atoms with Crippen molar-refractivity contribution in [3.05, 3.63) is 23.8 Å². The number of rotatable bonds is 6. The minimum Gasteiger partial charge on any atom is -0.459 e. The highest BCUT2D eigenvalue weighted by Crippen LogP contribution is 2.69. The molecule has 0 aromatic heterocycles. The molecule has 0 aromatic carbocycles. The molecule has 5 rings (SSSR count). The lowest BCUT2D eigenvalue weighted by Crippen LogP contribution is -2.67. The number of allylic oxidation sites excluding steroid dienone is 4. The van der Waals surface area contributed by atoms with E-state index in [1.165, 1.54) is 32.9 Å². The highest BCUT2D eigenvalue weighted by molar-refractivity contribution is 6.01. The van der Waals surface area contributed by atoms with E-state index in [0.717, 1.165) is 5.57 Å². The van der Waals surface area contributed by atoms with Crippen LogP contribution in [-0.2, 0) is 19.1 Å². The number of nitrogens with zero attached hydrogens (tertiary/aromatic N) is 1. The topological polar surface area (TPSA) is 197 Å². The maximum atomic E-state index is 17.6. The van der Waals surface area contributed by atoms with Crippen LogP contribution in [0.2, 0.25) is 0 Å². The highest BCUT2D eigenvalue weighted by atomic mass is 19.1. The number of nitrogens with one attached hydrogen (secondary N) is 1. The number of amides is 1. The number of esters is 1. The van der Waals surface area contributed by atoms with Gasteiger partial charge in [0.15, 0.2) is 11.5 Å². The second-order valence-corrected chi connectivity index (χ2v) is 20.2. The van der Waals surface area contributed by atoms with Crippen molar-refractivity contribution in [2.24, 2.45) is 52.3 Å². The Balaban J connectivity index is 1.31. The van der Waals surface area contributed by atoms with Crippen LogP contribution in [0.25, 0.3) is 0 Å². The van der Waals surface area contributed by atoms with Crippen LogP contribution >= 0.6 is 0 Å². The Kier molecular flexibility index (Phi) is 13.6. The summed E-state index contributed by atoms with van der Waals surface area (Å²) in [7, 11) is 0. The number of carbonyl (C=O) groups excluding carboxylic acids is 3. The van der Waals surface area contributed by atoms with Crippen molar-refractivity contribution in [1.29, 1.82) is 0 Å². The molecule has 1 amide bonds. The van der Waals surface area contributed by atoms with Crippen molar-refractivity contribution in [2.75, 3.05) is 19.6 Å². The Labute approximate surface area is 344 Å². The van der Waals surface area contributed by atoms with Crippen molar-refractivity contribution in [1.82, 2.24) is 10.2 Å². The summed E-state index contributed by atoms with van der Waals surface area (Å²) in [5.41, 5.74) is -6.50. The number of cyclic esters (lactones) is 1. The molecule has 4 unspecified atom stereocenters. The van der Waals surface area contributed by atoms with E-state index < -0.39 is 93.9 Å². The second-order valence-electron chi connectivity index (χ2n) is 20.2. The fraction of sp³-hybridized carbons (Fsp3) is 0.844. The number of fused-ring (bicyclic) bond motifs is 5. The molecule has 58 heavy (non-hydrogen) atoms. The summed E-state index contributed by atoms with van der Waals surface area (Å²) in [6.45, 7) is 18.2. The zero-order valence-electron chi connectivity index (χ0n) is 36.5. The number of hydrogen-bond acceptors (Lipinski definition) is 11. The first-order chi connectivity index (χ1) is 26.8. The predicted octanol–water partition coefficient (Wildman–Crippen LogP) is 3.63. The SMILES string of the molecule is CC[C@H]1OC(=O)C(C)[C@@H](O)[C@H](C)[C@@H](O)[C@](C)(O)C[C@@H](C)CN(CCCNC(=O)[C@H]2[C@H](C)CC3C4CCC5=CC(=O)C=C[C@]5(C)[C@@]4(F)C(O)C[C@@]32C)[C@H](C)[C@@H](O)[C@]1(C)O. The van der Waals surface area contributed by atoms with E-state index in [1.807, 2.05) is 25.7 Å². The molecule has 3 saturated carbocycles. The number of hydrogen-bond donors (Lipinski definition) is 7. The quantitative estimate of drug-likeness (QED) is 0.153. The van der Waals surface area contributed by atoms with Gasteiger partial charge in [-0.1, -0.05) is 46.3 Å². The van der Waals surface area contributed by atoms with Crippen LogP contribution in [0.15, 0.2) is 23.8 Å². The van der Waals surface area contributed by atoms with Crippen molar-refractivity contribution < 1.29 is 54.2 Å². The Bertz CT molecular complexity index is 1600. The normalized spacial score (nSPS) is 49.4. The van der Waals surface area contributed by atoms with Crippen LogP contribution in [0.1, 0.15) is 114 Å². The minimum atomic E-state index is -1.96. The van der Waals surface area contributed by atoms with Crippen LogP contribution in [0.4, 0.5) is 4.39 Å². The minimum absolute atomic E-state index is 0.0564. The highest BCUT2D eigenvalue weighted by Gasteiger charge is 2.71. The van der Waals surface area contributed by atoms with Crippen LogP contribution in [0.3, 0.4) is 0 Å². The summed E-state index contributed by atoms with van der Waals surface area (Å²) in [6.07, 6.45) is 0.640. The molecule has 7 N–H and O–H groups in total. The van der Waals surface area contributed by atoms with Gasteiger partial charge in [0.2, 0.25) is 5.91 Å². The van der Waals surface area contributed by atoms with Gasteiger partial charge in [0, 0.05) is 48.8 Å². The molecule has 13 heteroatoms. The molecule has 0 radical (unpaired) electrons. The van der Waals surface area contributed by atoms with Gasteiger partial charge in [0.1, 0.15) is 17.8 Å². The number of carbonyl (C=O) groups is 3. The first-order valence-electron chi connectivity index (χ1n) is 21.8. The van der Waals surface area contributed by atoms with Crippen molar-refractivity contribution >= 4 is 17.7 Å². The molecule has 18 atom stereocenters. The van der Waals surface area contributed by atoms with Gasteiger partial charge < -0.3 is 40.7 Å². The average molecular weight is 821 g/mol.